The molecular weight excluding hydrogens is 499 g/mol. The molecule has 0 spiro atoms. The van der Waals surface area contributed by atoms with Crippen molar-refractivity contribution >= 4 is 27.7 Å². The zero-order chi connectivity index (χ0) is 27.2. The number of carbonyl (C=O) groups excluding carboxylic acids is 2. The number of carbonyl (C=O) groups is 2. The molecule has 1 saturated carbocycles. The highest BCUT2D eigenvalue weighted by atomic mass is 32.2. The summed E-state index contributed by atoms with van der Waals surface area (Å²) >= 11 is 0. The van der Waals surface area contributed by atoms with Crippen molar-refractivity contribution in [3.8, 4) is 5.75 Å². The number of hydrogen-bond donors (Lipinski definition) is 1. The first-order valence-electron chi connectivity index (χ1n) is 12.2. The van der Waals surface area contributed by atoms with Gasteiger partial charge < -0.3 is 15.0 Å². The third-order valence-electron chi connectivity index (χ3n) is 6.52. The molecule has 1 aliphatic carbocycles. The average molecular weight is 535 g/mol. The quantitative estimate of drug-likeness (QED) is 0.478. The fourth-order valence-electron chi connectivity index (χ4n) is 4.26. The number of hydrogen-bond acceptors (Lipinski definition) is 5. The number of halogens is 1. The summed E-state index contributed by atoms with van der Waals surface area (Å²) in [7, 11) is -0.0711. The number of nitrogens with one attached hydrogen (secondary N) is 1. The number of para-hydroxylation sites is 1. The maximum atomic E-state index is 14.7. The van der Waals surface area contributed by atoms with Crippen molar-refractivity contribution in [3.63, 3.8) is 0 Å². The van der Waals surface area contributed by atoms with Crippen LogP contribution >= 0.6 is 0 Å². The van der Waals surface area contributed by atoms with Gasteiger partial charge in [-0.15, -0.1) is 0 Å². The third-order valence-corrected chi connectivity index (χ3v) is 8.33. The molecule has 0 heterocycles. The van der Waals surface area contributed by atoms with E-state index in [0.717, 1.165) is 45.9 Å². The van der Waals surface area contributed by atoms with Gasteiger partial charge in [-0.1, -0.05) is 37.1 Å². The molecule has 0 radical (unpaired) electrons. The van der Waals surface area contributed by atoms with Crippen LogP contribution in [0.4, 0.5) is 10.1 Å². The molecule has 9 nitrogen and oxygen atoms in total. The molecule has 1 aliphatic rings. The van der Waals surface area contributed by atoms with Crippen molar-refractivity contribution in [1.82, 2.24) is 14.5 Å². The summed E-state index contributed by atoms with van der Waals surface area (Å²) in [6, 6.07) is 11.5. The number of amides is 2. The van der Waals surface area contributed by atoms with E-state index in [1.54, 1.807) is 38.3 Å². The Kier molecular flexibility index (Phi) is 9.50. The molecule has 0 aromatic heterocycles. The van der Waals surface area contributed by atoms with Gasteiger partial charge in [0.1, 0.15) is 24.2 Å². The van der Waals surface area contributed by atoms with Gasteiger partial charge in [-0.2, -0.15) is 12.7 Å². The summed E-state index contributed by atoms with van der Waals surface area (Å²) in [5, 5.41) is 3.01. The minimum atomic E-state index is -4.23. The molecule has 1 atom stereocenters. The van der Waals surface area contributed by atoms with Crippen molar-refractivity contribution in [2.75, 3.05) is 32.1 Å². The Morgan fingerprint density at radius 2 is 1.70 bits per heavy atom. The second kappa shape index (κ2) is 12.4. The molecule has 1 fully saturated rings. The number of rotatable bonds is 11. The largest absolute Gasteiger partial charge is 0.497 e. The van der Waals surface area contributed by atoms with Gasteiger partial charge in [0.15, 0.2) is 0 Å². The summed E-state index contributed by atoms with van der Waals surface area (Å²) in [5.41, 5.74) is 0.472. The molecule has 2 amide bonds. The van der Waals surface area contributed by atoms with Crippen LogP contribution in [0.25, 0.3) is 0 Å². The van der Waals surface area contributed by atoms with Crippen molar-refractivity contribution in [2.45, 2.75) is 51.2 Å². The van der Waals surface area contributed by atoms with E-state index in [0.29, 0.717) is 5.75 Å². The highest BCUT2D eigenvalue weighted by Crippen LogP contribution is 2.24. The zero-order valence-electron chi connectivity index (χ0n) is 21.7. The van der Waals surface area contributed by atoms with E-state index in [4.69, 9.17) is 4.74 Å². The molecule has 0 aliphatic heterocycles. The minimum absolute atomic E-state index is 0.0508. The van der Waals surface area contributed by atoms with Crippen LogP contribution in [0.1, 0.15) is 38.2 Å². The number of ether oxygens (including phenoxy) is 1. The van der Waals surface area contributed by atoms with Crippen LogP contribution < -0.4 is 14.4 Å². The Labute approximate surface area is 218 Å². The van der Waals surface area contributed by atoms with Crippen molar-refractivity contribution in [3.05, 3.63) is 59.9 Å². The lowest BCUT2D eigenvalue weighted by molar-refractivity contribution is -0.139. The summed E-state index contributed by atoms with van der Waals surface area (Å²) in [4.78, 5) is 28.1. The van der Waals surface area contributed by atoms with E-state index in [1.165, 1.54) is 37.2 Å². The van der Waals surface area contributed by atoms with Crippen LogP contribution in [0, 0.1) is 5.82 Å². The van der Waals surface area contributed by atoms with Crippen LogP contribution in [0.15, 0.2) is 48.5 Å². The maximum Gasteiger partial charge on any atom is 0.304 e. The molecule has 3 rings (SSSR count). The minimum Gasteiger partial charge on any atom is -0.497 e. The summed E-state index contributed by atoms with van der Waals surface area (Å²) in [5.74, 6) is -1.11. The van der Waals surface area contributed by atoms with Gasteiger partial charge in [0.05, 0.1) is 12.8 Å². The lowest BCUT2D eigenvalue weighted by Crippen LogP contribution is -2.53. The first kappa shape index (κ1) is 28.4. The van der Waals surface area contributed by atoms with Crippen LogP contribution in [-0.4, -0.2) is 69.3 Å². The smallest absolute Gasteiger partial charge is 0.304 e. The van der Waals surface area contributed by atoms with E-state index in [9.17, 15) is 22.4 Å². The van der Waals surface area contributed by atoms with Gasteiger partial charge in [-0.3, -0.25) is 9.59 Å². The fraction of sp³-hybridized carbons (Fsp3) is 0.462. The highest BCUT2D eigenvalue weighted by molar-refractivity contribution is 7.90. The predicted octanol–water partition coefficient (Wildman–Crippen LogP) is 2.92. The number of anilines is 1. The van der Waals surface area contributed by atoms with E-state index in [2.05, 4.69) is 5.32 Å². The molecule has 0 saturated heterocycles. The Morgan fingerprint density at radius 3 is 2.27 bits per heavy atom. The second-order valence-corrected chi connectivity index (χ2v) is 11.4. The highest BCUT2D eigenvalue weighted by Gasteiger charge is 2.34. The second-order valence-electron chi connectivity index (χ2n) is 9.28. The van der Waals surface area contributed by atoms with Crippen LogP contribution in [0.5, 0.6) is 5.75 Å². The Morgan fingerprint density at radius 1 is 1.08 bits per heavy atom. The predicted molar refractivity (Wildman–Crippen MR) is 140 cm³/mol. The number of benzene rings is 2. The number of nitrogens with zero attached hydrogens (tertiary/aromatic N) is 3. The standard InChI is InChI=1S/C26H35FN4O5S/c1-19(26(33)28-21-9-5-6-10-21)30(17-20-13-15-22(36-4)16-14-20)25(32)18-31(37(34,35)29(2)3)24-12-8-7-11-23(24)27/h7-8,11-16,19,21H,5-6,9-10,17-18H2,1-4H3,(H,28,33)/t19-/m1/s1. The van der Waals surface area contributed by atoms with Gasteiger partial charge in [0, 0.05) is 26.7 Å². The van der Waals surface area contributed by atoms with Crippen LogP contribution in [0.3, 0.4) is 0 Å². The molecule has 1 N–H and O–H groups in total. The normalized spacial score (nSPS) is 14.9. The molecule has 37 heavy (non-hydrogen) atoms. The monoisotopic (exact) mass is 534 g/mol. The average Bonchev–Trinajstić information content (AvgIpc) is 3.39. The van der Waals surface area contributed by atoms with Crippen molar-refractivity contribution in [2.24, 2.45) is 0 Å². The van der Waals surface area contributed by atoms with Gasteiger partial charge in [0.2, 0.25) is 11.8 Å². The lowest BCUT2D eigenvalue weighted by atomic mass is 10.1. The topological polar surface area (TPSA) is 99.3 Å². The van der Waals surface area contributed by atoms with Gasteiger partial charge >= 0.3 is 10.2 Å². The SMILES string of the molecule is COc1ccc(CN(C(=O)CN(c2ccccc2F)S(=O)(=O)N(C)C)[C@H](C)C(=O)NC2CCCC2)cc1. The fourth-order valence-corrected chi connectivity index (χ4v) is 5.32. The molecule has 0 unspecified atom stereocenters. The Balaban J connectivity index is 1.93. The van der Waals surface area contributed by atoms with E-state index in [1.807, 2.05) is 0 Å². The lowest BCUT2D eigenvalue weighted by Gasteiger charge is -2.33. The van der Waals surface area contributed by atoms with Gasteiger partial charge in [-0.05, 0) is 49.6 Å². The molecule has 0 bridgehead atoms. The molecule has 2 aromatic carbocycles. The number of methoxy groups -OCH3 is 1. The van der Waals surface area contributed by atoms with Crippen molar-refractivity contribution in [1.29, 1.82) is 0 Å². The third kappa shape index (κ3) is 6.98. The van der Waals surface area contributed by atoms with E-state index >= 15 is 0 Å². The molecule has 11 heteroatoms. The summed E-state index contributed by atoms with van der Waals surface area (Å²) in [6.45, 7) is 0.980. The van der Waals surface area contributed by atoms with Crippen molar-refractivity contribution < 1.29 is 27.1 Å². The molecular formula is C26H35FN4O5S. The maximum absolute atomic E-state index is 14.7. The zero-order valence-corrected chi connectivity index (χ0v) is 22.5. The van der Waals surface area contributed by atoms with E-state index < -0.39 is 34.5 Å². The molecule has 2 aromatic rings. The van der Waals surface area contributed by atoms with Crippen LogP contribution in [-0.2, 0) is 26.3 Å². The summed E-state index contributed by atoms with van der Waals surface area (Å²) in [6.07, 6.45) is 3.84. The van der Waals surface area contributed by atoms with Gasteiger partial charge in [0.25, 0.3) is 0 Å². The Bertz CT molecular complexity index is 1180. The van der Waals surface area contributed by atoms with Gasteiger partial charge in [-0.25, -0.2) is 8.70 Å². The Hall–Kier alpha value is -3.18. The first-order chi connectivity index (χ1) is 17.5. The first-order valence-corrected chi connectivity index (χ1v) is 13.6. The summed E-state index contributed by atoms with van der Waals surface area (Å²) < 4.78 is 47.8. The molecule has 202 valence electrons. The van der Waals surface area contributed by atoms with Crippen LogP contribution in [0.2, 0.25) is 0 Å². The van der Waals surface area contributed by atoms with E-state index in [-0.39, 0.29) is 24.2 Å².